The number of rotatable bonds is 17. The van der Waals surface area contributed by atoms with E-state index in [0.29, 0.717) is 26.1 Å². The van der Waals surface area contributed by atoms with Crippen molar-refractivity contribution >= 4 is 5.78 Å². The fourth-order valence-corrected chi connectivity index (χ4v) is 4.56. The molecule has 5 nitrogen and oxygen atoms in total. The Kier molecular flexibility index (Phi) is 12.5. The van der Waals surface area contributed by atoms with E-state index in [4.69, 9.17) is 18.9 Å². The van der Waals surface area contributed by atoms with Crippen LogP contribution in [0.4, 0.5) is 0 Å². The molecule has 2 aromatic rings. The van der Waals surface area contributed by atoms with Gasteiger partial charge in [-0.05, 0) is 17.5 Å². The zero-order valence-electron chi connectivity index (χ0n) is 21.4. The molecule has 35 heavy (non-hydrogen) atoms. The zero-order valence-corrected chi connectivity index (χ0v) is 21.4. The van der Waals surface area contributed by atoms with Gasteiger partial charge in [-0.25, -0.2) is 0 Å². The summed E-state index contributed by atoms with van der Waals surface area (Å²) in [5.41, 5.74) is 2.14. The van der Waals surface area contributed by atoms with Gasteiger partial charge in [-0.2, -0.15) is 0 Å². The summed E-state index contributed by atoms with van der Waals surface area (Å²) in [7, 11) is 1.61. The number of ketones is 1. The predicted octanol–water partition coefficient (Wildman–Crippen LogP) is 6.63. The van der Waals surface area contributed by atoms with E-state index in [1.165, 1.54) is 32.1 Å². The van der Waals surface area contributed by atoms with E-state index in [1.54, 1.807) is 7.11 Å². The molecule has 0 bridgehead atoms. The number of carbonyl (C=O) groups is 1. The average molecular weight is 483 g/mol. The molecule has 3 rings (SSSR count). The summed E-state index contributed by atoms with van der Waals surface area (Å²) in [5.74, 6) is 0.218. The number of ether oxygens (including phenoxy) is 4. The van der Waals surface area contributed by atoms with Crippen LogP contribution in [-0.2, 0) is 37.0 Å². The maximum Gasteiger partial charge on any atom is 0.186 e. The molecule has 2 aromatic carbocycles. The molecule has 0 aromatic heterocycles. The molecule has 0 amide bonds. The molecule has 1 aliphatic heterocycles. The SMILES string of the molecule is CCCCCCCCCC(=O)C[C@H]1O[C@@H](OC)[C@H](OCc2ccccc2)[C@@H]1OCc1ccccc1. The van der Waals surface area contributed by atoms with Crippen LogP contribution in [0.2, 0.25) is 0 Å². The zero-order chi connectivity index (χ0) is 24.7. The van der Waals surface area contributed by atoms with Crippen molar-refractivity contribution in [3.8, 4) is 0 Å². The van der Waals surface area contributed by atoms with E-state index in [-0.39, 0.29) is 18.0 Å². The summed E-state index contributed by atoms with van der Waals surface area (Å²) in [6.07, 6.45) is 7.52. The number of carbonyl (C=O) groups excluding carboxylic acids is 1. The summed E-state index contributed by atoms with van der Waals surface area (Å²) in [5, 5.41) is 0. The number of hydrogen-bond donors (Lipinski definition) is 0. The summed E-state index contributed by atoms with van der Waals surface area (Å²) < 4.78 is 24.4. The van der Waals surface area contributed by atoms with Crippen LogP contribution in [0.1, 0.15) is 75.8 Å². The van der Waals surface area contributed by atoms with Crippen molar-refractivity contribution in [2.75, 3.05) is 7.11 Å². The van der Waals surface area contributed by atoms with E-state index >= 15 is 0 Å². The first kappa shape index (κ1) is 27.5. The van der Waals surface area contributed by atoms with Crippen molar-refractivity contribution in [1.82, 2.24) is 0 Å². The lowest BCUT2D eigenvalue weighted by atomic mass is 10.0. The first-order valence-corrected chi connectivity index (χ1v) is 13.2. The first-order valence-electron chi connectivity index (χ1n) is 13.2. The molecule has 0 saturated carbocycles. The molecule has 1 fully saturated rings. The van der Waals surface area contributed by atoms with Crippen LogP contribution in [-0.4, -0.2) is 37.5 Å². The van der Waals surface area contributed by atoms with Crippen molar-refractivity contribution in [3.63, 3.8) is 0 Å². The minimum Gasteiger partial charge on any atom is -0.368 e. The fourth-order valence-electron chi connectivity index (χ4n) is 4.56. The highest BCUT2D eigenvalue weighted by Crippen LogP contribution is 2.31. The van der Waals surface area contributed by atoms with Crippen LogP contribution >= 0.6 is 0 Å². The largest absolute Gasteiger partial charge is 0.368 e. The van der Waals surface area contributed by atoms with Gasteiger partial charge in [0.2, 0.25) is 0 Å². The Hall–Kier alpha value is -2.05. The first-order chi connectivity index (χ1) is 17.2. The van der Waals surface area contributed by atoms with Gasteiger partial charge in [0.05, 0.1) is 19.3 Å². The molecule has 4 atom stereocenters. The maximum atomic E-state index is 12.8. The molecule has 192 valence electrons. The summed E-state index contributed by atoms with van der Waals surface area (Å²) >= 11 is 0. The highest BCUT2D eigenvalue weighted by molar-refractivity contribution is 5.79. The van der Waals surface area contributed by atoms with Gasteiger partial charge in [0, 0.05) is 20.0 Å². The molecule has 1 aliphatic rings. The second-order valence-electron chi connectivity index (χ2n) is 9.42. The molecule has 1 heterocycles. The molecular weight excluding hydrogens is 440 g/mol. The van der Waals surface area contributed by atoms with Crippen LogP contribution in [0.15, 0.2) is 60.7 Å². The lowest BCUT2D eigenvalue weighted by molar-refractivity contribution is -0.167. The van der Waals surface area contributed by atoms with Crippen LogP contribution in [0.5, 0.6) is 0 Å². The van der Waals surface area contributed by atoms with Crippen molar-refractivity contribution in [2.24, 2.45) is 0 Å². The Balaban J connectivity index is 1.57. The predicted molar refractivity (Wildman–Crippen MR) is 138 cm³/mol. The molecule has 0 N–H and O–H groups in total. The molecule has 0 aliphatic carbocycles. The fraction of sp³-hybridized carbons (Fsp3) is 0.567. The third-order valence-corrected chi connectivity index (χ3v) is 6.56. The Morgan fingerprint density at radius 1 is 0.771 bits per heavy atom. The van der Waals surface area contributed by atoms with Crippen molar-refractivity contribution in [2.45, 2.75) is 103 Å². The quantitative estimate of drug-likeness (QED) is 0.237. The second-order valence-corrected chi connectivity index (χ2v) is 9.42. The van der Waals surface area contributed by atoms with E-state index in [1.807, 2.05) is 60.7 Å². The topological polar surface area (TPSA) is 54.0 Å². The van der Waals surface area contributed by atoms with Crippen molar-refractivity contribution in [3.05, 3.63) is 71.8 Å². The van der Waals surface area contributed by atoms with Gasteiger partial charge in [0.15, 0.2) is 6.29 Å². The van der Waals surface area contributed by atoms with Crippen molar-refractivity contribution in [1.29, 1.82) is 0 Å². The third-order valence-electron chi connectivity index (χ3n) is 6.56. The monoisotopic (exact) mass is 482 g/mol. The van der Waals surface area contributed by atoms with Gasteiger partial charge in [-0.1, -0.05) is 106 Å². The summed E-state index contributed by atoms with van der Waals surface area (Å²) in [4.78, 5) is 12.8. The third kappa shape index (κ3) is 9.49. The van der Waals surface area contributed by atoms with E-state index < -0.39 is 12.4 Å². The molecule has 0 radical (unpaired) electrons. The highest BCUT2D eigenvalue weighted by Gasteiger charge is 2.47. The Bertz CT molecular complexity index is 825. The summed E-state index contributed by atoms with van der Waals surface area (Å²) in [6, 6.07) is 20.1. The second kappa shape index (κ2) is 15.8. The van der Waals surface area contributed by atoms with Gasteiger partial charge >= 0.3 is 0 Å². The normalized spacial score (nSPS) is 21.9. The Morgan fingerprint density at radius 3 is 1.89 bits per heavy atom. The van der Waals surface area contributed by atoms with Gasteiger partial charge in [0.1, 0.15) is 18.0 Å². The van der Waals surface area contributed by atoms with Crippen LogP contribution in [0, 0.1) is 0 Å². The number of benzene rings is 2. The summed E-state index contributed by atoms with van der Waals surface area (Å²) in [6.45, 7) is 3.09. The van der Waals surface area contributed by atoms with E-state index in [9.17, 15) is 4.79 Å². The molecule has 1 saturated heterocycles. The van der Waals surface area contributed by atoms with Crippen LogP contribution < -0.4 is 0 Å². The Morgan fingerprint density at radius 2 is 1.31 bits per heavy atom. The number of hydrogen-bond acceptors (Lipinski definition) is 5. The number of methoxy groups -OCH3 is 1. The molecule has 0 spiro atoms. The van der Waals surface area contributed by atoms with Gasteiger partial charge < -0.3 is 18.9 Å². The van der Waals surface area contributed by atoms with Crippen molar-refractivity contribution < 1.29 is 23.7 Å². The maximum absolute atomic E-state index is 12.8. The van der Waals surface area contributed by atoms with Gasteiger partial charge in [-0.3, -0.25) is 4.79 Å². The highest BCUT2D eigenvalue weighted by atomic mass is 16.7. The Labute approximate surface area is 211 Å². The minimum absolute atomic E-state index is 0.218. The van der Waals surface area contributed by atoms with Gasteiger partial charge in [-0.15, -0.1) is 0 Å². The van der Waals surface area contributed by atoms with E-state index in [2.05, 4.69) is 6.92 Å². The van der Waals surface area contributed by atoms with Gasteiger partial charge in [0.25, 0.3) is 0 Å². The molecule has 5 heteroatoms. The molecule has 0 unspecified atom stereocenters. The van der Waals surface area contributed by atoms with Crippen LogP contribution in [0.3, 0.4) is 0 Å². The minimum atomic E-state index is -0.573. The lowest BCUT2D eigenvalue weighted by Crippen LogP contribution is -2.38. The van der Waals surface area contributed by atoms with Crippen LogP contribution in [0.25, 0.3) is 0 Å². The lowest BCUT2D eigenvalue weighted by Gasteiger charge is -2.24. The standard InChI is InChI=1S/C30H42O5/c1-3-4-5-6-7-8-15-20-26(31)21-27-28(33-22-24-16-11-9-12-17-24)29(30(32-2)35-27)34-23-25-18-13-10-14-19-25/h9-14,16-19,27-30H,3-8,15,20-23H2,1-2H3/t27-,28-,29-,30-/m1/s1. The van der Waals surface area contributed by atoms with E-state index in [0.717, 1.165) is 24.0 Å². The average Bonchev–Trinajstić information content (AvgIpc) is 3.22. The molecular formula is C30H42O5. The number of unbranched alkanes of at least 4 members (excludes halogenated alkanes) is 6. The number of Topliss-reactive ketones (excluding diaryl/α,β-unsaturated/α-hetero) is 1. The smallest absolute Gasteiger partial charge is 0.186 e.